The summed E-state index contributed by atoms with van der Waals surface area (Å²) in [5.74, 6) is 0.0582. The molecule has 0 N–H and O–H groups in total. The van der Waals surface area contributed by atoms with Crippen LogP contribution >= 0.6 is 0 Å². The Morgan fingerprint density at radius 1 is 1.21 bits per heavy atom. The van der Waals surface area contributed by atoms with E-state index in [0.29, 0.717) is 49.4 Å². The molecule has 4 rings (SSSR count). The molecule has 2 aliphatic rings. The summed E-state index contributed by atoms with van der Waals surface area (Å²) in [6.07, 6.45) is 7.65. The average Bonchev–Trinajstić information content (AvgIpc) is 3.23. The Labute approximate surface area is 161 Å². The Kier molecular flexibility index (Phi) is 4.93. The van der Waals surface area contributed by atoms with Gasteiger partial charge in [-0.2, -0.15) is 10.4 Å². The molecule has 0 spiro atoms. The van der Waals surface area contributed by atoms with Crippen molar-refractivity contribution in [3.8, 4) is 6.07 Å². The van der Waals surface area contributed by atoms with Crippen molar-refractivity contribution < 1.29 is 9.18 Å². The van der Waals surface area contributed by atoms with Crippen LogP contribution in [0.5, 0.6) is 0 Å². The number of carbonyl (C=O) groups is 1. The van der Waals surface area contributed by atoms with Gasteiger partial charge in [0.15, 0.2) is 0 Å². The van der Waals surface area contributed by atoms with Crippen LogP contribution in [0.15, 0.2) is 36.0 Å². The summed E-state index contributed by atoms with van der Waals surface area (Å²) in [7, 11) is 0. The van der Waals surface area contributed by atoms with Crippen molar-refractivity contribution in [2.45, 2.75) is 25.3 Å². The van der Waals surface area contributed by atoms with Crippen molar-refractivity contribution in [1.82, 2.24) is 20.0 Å². The number of rotatable bonds is 3. The van der Waals surface area contributed by atoms with Crippen LogP contribution in [0.25, 0.3) is 0 Å². The molecule has 0 bridgehead atoms. The highest BCUT2D eigenvalue weighted by atomic mass is 19.1. The van der Waals surface area contributed by atoms with Gasteiger partial charge in [-0.05, 0) is 24.5 Å². The number of piperidine rings is 1. The Bertz CT molecular complexity index is 949. The van der Waals surface area contributed by atoms with Crippen molar-refractivity contribution >= 4 is 17.9 Å². The quantitative estimate of drug-likeness (QED) is 0.810. The van der Waals surface area contributed by atoms with Gasteiger partial charge in [0.25, 0.3) is 0 Å². The van der Waals surface area contributed by atoms with E-state index in [-0.39, 0.29) is 17.9 Å². The molecule has 28 heavy (non-hydrogen) atoms. The lowest BCUT2D eigenvalue weighted by atomic mass is 9.94. The highest BCUT2D eigenvalue weighted by Crippen LogP contribution is 2.32. The summed E-state index contributed by atoms with van der Waals surface area (Å²) >= 11 is 0. The first-order chi connectivity index (χ1) is 13.7. The molecule has 0 aromatic carbocycles. The molecule has 1 amide bonds. The summed E-state index contributed by atoms with van der Waals surface area (Å²) in [4.78, 5) is 27.1. The van der Waals surface area contributed by atoms with Crippen LogP contribution in [0.3, 0.4) is 0 Å². The third-order valence-electron chi connectivity index (χ3n) is 5.10. The van der Waals surface area contributed by atoms with E-state index < -0.39 is 5.82 Å². The zero-order valence-electron chi connectivity index (χ0n) is 15.1. The number of nitriles is 1. The molecule has 2 aliphatic heterocycles. The Hall–Kier alpha value is -3.41. The van der Waals surface area contributed by atoms with E-state index in [1.54, 1.807) is 18.5 Å². The number of halogens is 1. The van der Waals surface area contributed by atoms with Crippen molar-refractivity contribution in [1.29, 1.82) is 5.26 Å². The number of carbonyl (C=O) groups excluding carboxylic acids is 1. The number of anilines is 1. The molecular formula is C19H18FN7O. The zero-order valence-corrected chi connectivity index (χ0v) is 15.1. The van der Waals surface area contributed by atoms with Gasteiger partial charge < -0.3 is 4.90 Å². The van der Waals surface area contributed by atoms with Crippen molar-refractivity contribution in [2.24, 2.45) is 11.0 Å². The summed E-state index contributed by atoms with van der Waals surface area (Å²) in [6, 6.07) is 4.75. The maximum atomic E-state index is 13.5. The van der Waals surface area contributed by atoms with Gasteiger partial charge >= 0.3 is 0 Å². The van der Waals surface area contributed by atoms with E-state index in [1.165, 1.54) is 17.4 Å². The van der Waals surface area contributed by atoms with Crippen LogP contribution in [0.2, 0.25) is 0 Å². The zero-order chi connectivity index (χ0) is 19.5. The first-order valence-corrected chi connectivity index (χ1v) is 9.09. The molecule has 2 aromatic rings. The standard InChI is InChI=1S/C19H18FN7O/c20-15-7-14(10-22-11-15)17-1-4-25-27(17)19(28)13-2-5-26(6-3-13)18-8-16(9-21)23-12-24-18/h4,7-8,10-13,17H,1-3,5-6H2/t17-/m0/s1. The largest absolute Gasteiger partial charge is 0.356 e. The number of hydrogen-bond acceptors (Lipinski definition) is 7. The lowest BCUT2D eigenvalue weighted by Crippen LogP contribution is -2.41. The van der Waals surface area contributed by atoms with Crippen molar-refractivity contribution in [2.75, 3.05) is 18.0 Å². The molecule has 1 atom stereocenters. The smallest absolute Gasteiger partial charge is 0.246 e. The van der Waals surface area contributed by atoms with Gasteiger partial charge in [0.05, 0.1) is 12.2 Å². The normalized spacial score (nSPS) is 19.6. The molecule has 1 saturated heterocycles. The maximum Gasteiger partial charge on any atom is 0.246 e. The number of amides is 1. The Morgan fingerprint density at radius 2 is 2.04 bits per heavy atom. The second kappa shape index (κ2) is 7.68. The van der Waals surface area contributed by atoms with E-state index in [9.17, 15) is 9.18 Å². The van der Waals surface area contributed by atoms with Gasteiger partial charge in [0.2, 0.25) is 5.91 Å². The number of hydrogen-bond donors (Lipinski definition) is 0. The third-order valence-corrected chi connectivity index (χ3v) is 5.10. The van der Waals surface area contributed by atoms with E-state index in [2.05, 4.69) is 20.1 Å². The van der Waals surface area contributed by atoms with Crippen LogP contribution in [0.1, 0.15) is 36.6 Å². The number of nitrogens with zero attached hydrogens (tertiary/aromatic N) is 7. The molecule has 8 nitrogen and oxygen atoms in total. The van der Waals surface area contributed by atoms with Crippen molar-refractivity contribution in [3.05, 3.63) is 47.9 Å². The minimum Gasteiger partial charge on any atom is -0.356 e. The van der Waals surface area contributed by atoms with Crippen LogP contribution in [-0.4, -0.2) is 45.2 Å². The van der Waals surface area contributed by atoms with Gasteiger partial charge in [-0.3, -0.25) is 9.78 Å². The fraction of sp³-hybridized carbons (Fsp3) is 0.368. The van der Waals surface area contributed by atoms with Gasteiger partial charge in [0.1, 0.15) is 29.7 Å². The summed E-state index contributed by atoms with van der Waals surface area (Å²) in [6.45, 7) is 1.31. The minimum absolute atomic E-state index is 0.0527. The van der Waals surface area contributed by atoms with Gasteiger partial charge in [-0.1, -0.05) is 0 Å². The van der Waals surface area contributed by atoms with E-state index in [0.717, 1.165) is 6.20 Å². The molecule has 4 heterocycles. The SMILES string of the molecule is N#Cc1cc(N2CCC(C(=O)N3N=CC[C@H]3c3cncc(F)c3)CC2)ncn1. The second-order valence-corrected chi connectivity index (χ2v) is 6.80. The fourth-order valence-corrected chi connectivity index (χ4v) is 3.64. The van der Waals surface area contributed by atoms with E-state index >= 15 is 0 Å². The number of hydrazone groups is 1. The third kappa shape index (κ3) is 3.53. The van der Waals surface area contributed by atoms with Gasteiger partial charge in [-0.15, -0.1) is 0 Å². The predicted octanol–water partition coefficient (Wildman–Crippen LogP) is 2.06. The molecule has 2 aromatic heterocycles. The summed E-state index contributed by atoms with van der Waals surface area (Å²) in [5.41, 5.74) is 0.967. The predicted molar refractivity (Wildman–Crippen MR) is 98.6 cm³/mol. The molecule has 9 heteroatoms. The average molecular weight is 379 g/mol. The molecule has 0 aliphatic carbocycles. The fourth-order valence-electron chi connectivity index (χ4n) is 3.64. The highest BCUT2D eigenvalue weighted by molar-refractivity contribution is 5.82. The molecule has 0 radical (unpaired) electrons. The van der Waals surface area contributed by atoms with Crippen LogP contribution in [0, 0.1) is 23.1 Å². The molecule has 0 unspecified atom stereocenters. The molecule has 1 fully saturated rings. The number of aromatic nitrogens is 3. The van der Waals surface area contributed by atoms with Gasteiger partial charge in [-0.25, -0.2) is 19.4 Å². The highest BCUT2D eigenvalue weighted by Gasteiger charge is 2.35. The lowest BCUT2D eigenvalue weighted by Gasteiger charge is -2.34. The first kappa shape index (κ1) is 18.0. The second-order valence-electron chi connectivity index (χ2n) is 6.80. The molecular weight excluding hydrogens is 361 g/mol. The van der Waals surface area contributed by atoms with Crippen LogP contribution in [-0.2, 0) is 4.79 Å². The Balaban J connectivity index is 1.42. The lowest BCUT2D eigenvalue weighted by molar-refractivity contribution is -0.138. The minimum atomic E-state index is -0.424. The van der Waals surface area contributed by atoms with Gasteiger partial charge in [0, 0.05) is 43.9 Å². The van der Waals surface area contributed by atoms with Crippen molar-refractivity contribution in [3.63, 3.8) is 0 Å². The summed E-state index contributed by atoms with van der Waals surface area (Å²) < 4.78 is 13.5. The molecule has 0 saturated carbocycles. The summed E-state index contributed by atoms with van der Waals surface area (Å²) in [5, 5.41) is 14.7. The maximum absolute atomic E-state index is 13.5. The number of pyridine rings is 1. The monoisotopic (exact) mass is 379 g/mol. The Morgan fingerprint density at radius 3 is 2.79 bits per heavy atom. The molecule has 142 valence electrons. The topological polar surface area (TPSA) is 98.4 Å². The van der Waals surface area contributed by atoms with E-state index in [1.807, 2.05) is 11.0 Å². The van der Waals surface area contributed by atoms with Crippen LogP contribution in [0.4, 0.5) is 10.2 Å². The van der Waals surface area contributed by atoms with Crippen LogP contribution < -0.4 is 4.90 Å². The van der Waals surface area contributed by atoms with E-state index in [4.69, 9.17) is 5.26 Å². The first-order valence-electron chi connectivity index (χ1n) is 9.09.